The summed E-state index contributed by atoms with van der Waals surface area (Å²) in [6, 6.07) is 8.56. The molecule has 0 saturated carbocycles. The lowest BCUT2D eigenvalue weighted by atomic mass is 10.1. The van der Waals surface area contributed by atoms with E-state index in [-0.39, 0.29) is 5.91 Å². The lowest BCUT2D eigenvalue weighted by Gasteiger charge is -2.02. The first kappa shape index (κ1) is 17.0. The van der Waals surface area contributed by atoms with E-state index in [1.807, 2.05) is 13.2 Å². The van der Waals surface area contributed by atoms with E-state index in [1.54, 1.807) is 11.8 Å². The molecule has 2 aromatic rings. The van der Waals surface area contributed by atoms with Crippen LogP contribution < -0.4 is 5.32 Å². The summed E-state index contributed by atoms with van der Waals surface area (Å²) in [5.74, 6) is 0.870. The summed E-state index contributed by atoms with van der Waals surface area (Å²) in [4.78, 5) is 17.5. The van der Waals surface area contributed by atoms with Gasteiger partial charge in [-0.15, -0.1) is 11.3 Å². The molecule has 0 saturated heterocycles. The summed E-state index contributed by atoms with van der Waals surface area (Å²) in [5.41, 5.74) is 3.43. The number of thiazole rings is 1. The molecule has 118 valence electrons. The molecule has 0 fully saturated rings. The van der Waals surface area contributed by atoms with Gasteiger partial charge in [-0.3, -0.25) is 4.79 Å². The lowest BCUT2D eigenvalue weighted by molar-refractivity contribution is -0.115. The van der Waals surface area contributed by atoms with Crippen molar-refractivity contribution in [3.05, 3.63) is 34.7 Å². The molecule has 0 aliphatic carbocycles. The summed E-state index contributed by atoms with van der Waals surface area (Å²) in [7, 11) is 0. The second-order valence-electron chi connectivity index (χ2n) is 5.16. The minimum absolute atomic E-state index is 0.0351. The second-order valence-corrected chi connectivity index (χ2v) is 7.35. The van der Waals surface area contributed by atoms with Gasteiger partial charge in [0.15, 0.2) is 5.13 Å². The number of nitrogens with one attached hydrogen (secondary N) is 1. The molecule has 22 heavy (non-hydrogen) atoms. The van der Waals surface area contributed by atoms with Crippen LogP contribution in [0.5, 0.6) is 0 Å². The SMILES string of the molecule is CCCc1ccc(-c2nc(NC(=O)CCSC)sc2C)cc1. The van der Waals surface area contributed by atoms with Crippen molar-refractivity contribution < 1.29 is 4.79 Å². The van der Waals surface area contributed by atoms with Crippen molar-refractivity contribution in [2.75, 3.05) is 17.3 Å². The summed E-state index contributed by atoms with van der Waals surface area (Å²) in [5, 5.41) is 3.59. The van der Waals surface area contributed by atoms with Crippen molar-refractivity contribution in [1.29, 1.82) is 0 Å². The van der Waals surface area contributed by atoms with E-state index in [2.05, 4.69) is 41.5 Å². The van der Waals surface area contributed by atoms with Crippen LogP contribution in [0.25, 0.3) is 11.3 Å². The second kappa shape index (κ2) is 8.34. The zero-order valence-corrected chi connectivity index (χ0v) is 14.9. The molecule has 1 amide bonds. The molecule has 0 bridgehead atoms. The Morgan fingerprint density at radius 3 is 2.68 bits per heavy atom. The highest BCUT2D eigenvalue weighted by molar-refractivity contribution is 7.98. The van der Waals surface area contributed by atoms with Gasteiger partial charge in [0.25, 0.3) is 0 Å². The van der Waals surface area contributed by atoms with Crippen molar-refractivity contribution in [1.82, 2.24) is 4.98 Å². The van der Waals surface area contributed by atoms with Crippen LogP contribution in [-0.4, -0.2) is 22.9 Å². The molecule has 1 heterocycles. The zero-order valence-electron chi connectivity index (χ0n) is 13.3. The number of anilines is 1. The van der Waals surface area contributed by atoms with Crippen molar-refractivity contribution >= 4 is 34.1 Å². The molecule has 5 heteroatoms. The number of amides is 1. The van der Waals surface area contributed by atoms with Gasteiger partial charge < -0.3 is 5.32 Å². The van der Waals surface area contributed by atoms with Gasteiger partial charge in [0.05, 0.1) is 5.69 Å². The maximum absolute atomic E-state index is 11.8. The van der Waals surface area contributed by atoms with Crippen LogP contribution in [-0.2, 0) is 11.2 Å². The van der Waals surface area contributed by atoms with Gasteiger partial charge in [-0.05, 0) is 25.2 Å². The number of aromatic nitrogens is 1. The number of nitrogens with zero attached hydrogens (tertiary/aromatic N) is 1. The monoisotopic (exact) mass is 334 g/mol. The molecular weight excluding hydrogens is 312 g/mol. The van der Waals surface area contributed by atoms with Crippen molar-refractivity contribution in [2.24, 2.45) is 0 Å². The fraction of sp³-hybridized carbons (Fsp3) is 0.412. The van der Waals surface area contributed by atoms with E-state index in [0.29, 0.717) is 11.6 Å². The Hall–Kier alpha value is -1.33. The van der Waals surface area contributed by atoms with Crippen LogP contribution in [0.1, 0.15) is 30.2 Å². The Kier molecular flexibility index (Phi) is 6.46. The summed E-state index contributed by atoms with van der Waals surface area (Å²) in [6.07, 6.45) is 4.79. The number of hydrogen-bond donors (Lipinski definition) is 1. The van der Waals surface area contributed by atoms with E-state index < -0.39 is 0 Å². The van der Waals surface area contributed by atoms with E-state index in [4.69, 9.17) is 0 Å². The Balaban J connectivity index is 2.10. The van der Waals surface area contributed by atoms with Gasteiger partial charge in [-0.2, -0.15) is 11.8 Å². The molecule has 3 nitrogen and oxygen atoms in total. The third kappa shape index (κ3) is 4.58. The van der Waals surface area contributed by atoms with Crippen LogP contribution in [0.15, 0.2) is 24.3 Å². The highest BCUT2D eigenvalue weighted by Crippen LogP contribution is 2.30. The maximum atomic E-state index is 11.8. The summed E-state index contributed by atoms with van der Waals surface area (Å²) in [6.45, 7) is 4.23. The number of rotatable bonds is 7. The van der Waals surface area contributed by atoms with Gasteiger partial charge in [0, 0.05) is 22.6 Å². The fourth-order valence-electron chi connectivity index (χ4n) is 2.21. The molecule has 1 N–H and O–H groups in total. The molecule has 0 aliphatic heterocycles. The smallest absolute Gasteiger partial charge is 0.226 e. The first-order valence-electron chi connectivity index (χ1n) is 7.49. The third-order valence-electron chi connectivity index (χ3n) is 3.34. The maximum Gasteiger partial charge on any atom is 0.226 e. The Labute approximate surface area is 140 Å². The van der Waals surface area contributed by atoms with Gasteiger partial charge in [-0.1, -0.05) is 37.6 Å². The molecule has 0 radical (unpaired) electrons. The molecule has 1 aromatic carbocycles. The van der Waals surface area contributed by atoms with E-state index in [9.17, 15) is 4.79 Å². The average molecular weight is 335 g/mol. The molecule has 0 spiro atoms. The Morgan fingerprint density at radius 1 is 1.32 bits per heavy atom. The highest BCUT2D eigenvalue weighted by Gasteiger charge is 2.12. The molecule has 0 unspecified atom stereocenters. The Bertz CT molecular complexity index is 620. The standard InChI is InChI=1S/C17H22N2OS2/c1-4-5-13-6-8-14(9-7-13)16-12(2)22-17(19-16)18-15(20)10-11-21-3/h6-9H,4-5,10-11H2,1-3H3,(H,18,19,20). The van der Waals surface area contributed by atoms with Gasteiger partial charge in [0.2, 0.25) is 5.91 Å². The third-order valence-corrected chi connectivity index (χ3v) is 4.84. The van der Waals surface area contributed by atoms with E-state index in [0.717, 1.165) is 34.7 Å². The molecule has 0 atom stereocenters. The van der Waals surface area contributed by atoms with Crippen molar-refractivity contribution in [3.63, 3.8) is 0 Å². The first-order valence-corrected chi connectivity index (χ1v) is 9.70. The summed E-state index contributed by atoms with van der Waals surface area (Å²) < 4.78 is 0. The molecule has 2 rings (SSSR count). The minimum Gasteiger partial charge on any atom is -0.302 e. The summed E-state index contributed by atoms with van der Waals surface area (Å²) >= 11 is 3.21. The predicted molar refractivity (Wildman–Crippen MR) is 97.9 cm³/mol. The van der Waals surface area contributed by atoms with Crippen LogP contribution >= 0.6 is 23.1 Å². The number of aryl methyl sites for hydroxylation is 2. The molecular formula is C17H22N2OS2. The van der Waals surface area contributed by atoms with Crippen LogP contribution in [0.4, 0.5) is 5.13 Å². The quantitative estimate of drug-likeness (QED) is 0.793. The Morgan fingerprint density at radius 2 is 2.05 bits per heavy atom. The average Bonchev–Trinajstić information content (AvgIpc) is 2.87. The largest absolute Gasteiger partial charge is 0.302 e. The number of carbonyl (C=O) groups excluding carboxylic acids is 1. The van der Waals surface area contributed by atoms with Crippen LogP contribution in [0, 0.1) is 6.92 Å². The molecule has 1 aromatic heterocycles. The van der Waals surface area contributed by atoms with Crippen LogP contribution in [0.3, 0.4) is 0 Å². The first-order chi connectivity index (χ1) is 10.6. The normalized spacial score (nSPS) is 10.7. The van der Waals surface area contributed by atoms with E-state index in [1.165, 1.54) is 16.9 Å². The van der Waals surface area contributed by atoms with Crippen molar-refractivity contribution in [3.8, 4) is 11.3 Å². The number of benzene rings is 1. The predicted octanol–water partition coefficient (Wildman–Crippen LogP) is 4.76. The van der Waals surface area contributed by atoms with Gasteiger partial charge in [0.1, 0.15) is 0 Å². The van der Waals surface area contributed by atoms with Crippen molar-refractivity contribution in [2.45, 2.75) is 33.1 Å². The van der Waals surface area contributed by atoms with Gasteiger partial charge in [-0.25, -0.2) is 4.98 Å². The number of thioether (sulfide) groups is 1. The van der Waals surface area contributed by atoms with E-state index >= 15 is 0 Å². The minimum atomic E-state index is 0.0351. The lowest BCUT2D eigenvalue weighted by Crippen LogP contribution is -2.11. The number of carbonyl (C=O) groups is 1. The molecule has 0 aliphatic rings. The van der Waals surface area contributed by atoms with Crippen LogP contribution in [0.2, 0.25) is 0 Å². The fourth-order valence-corrected chi connectivity index (χ4v) is 3.45. The topological polar surface area (TPSA) is 42.0 Å². The van der Waals surface area contributed by atoms with Gasteiger partial charge >= 0.3 is 0 Å². The highest BCUT2D eigenvalue weighted by atomic mass is 32.2. The zero-order chi connectivity index (χ0) is 15.9. The number of hydrogen-bond acceptors (Lipinski definition) is 4.